The maximum atomic E-state index is 12.2. The molecule has 0 unspecified atom stereocenters. The minimum absolute atomic E-state index is 0.337. The Morgan fingerprint density at radius 1 is 1.20 bits per heavy atom. The van der Waals surface area contributed by atoms with Gasteiger partial charge in [0.25, 0.3) is 6.43 Å². The first-order valence-corrected chi connectivity index (χ1v) is 8.01. The van der Waals surface area contributed by atoms with Crippen LogP contribution in [0.1, 0.15) is 26.3 Å². The Labute approximate surface area is 147 Å². The van der Waals surface area contributed by atoms with Crippen LogP contribution in [-0.4, -0.2) is 44.2 Å². The van der Waals surface area contributed by atoms with Crippen LogP contribution in [0.25, 0.3) is 0 Å². The van der Waals surface area contributed by atoms with Gasteiger partial charge in [-0.15, -0.1) is 0 Å². The predicted molar refractivity (Wildman–Crippen MR) is 95.4 cm³/mol. The Morgan fingerprint density at radius 2 is 1.84 bits per heavy atom. The number of rotatable bonds is 6. The number of ether oxygens (including phenoxy) is 1. The average molecular weight is 356 g/mol. The molecule has 8 heteroatoms. The van der Waals surface area contributed by atoms with Crippen molar-refractivity contribution in [1.82, 2.24) is 10.6 Å². The highest BCUT2D eigenvalue weighted by Gasteiger charge is 2.16. The van der Waals surface area contributed by atoms with E-state index in [2.05, 4.69) is 20.9 Å². The van der Waals surface area contributed by atoms with E-state index in [0.717, 1.165) is 5.56 Å². The fourth-order valence-corrected chi connectivity index (χ4v) is 1.90. The molecule has 0 spiro atoms. The zero-order valence-corrected chi connectivity index (χ0v) is 15.0. The van der Waals surface area contributed by atoms with Crippen LogP contribution in [0.15, 0.2) is 29.3 Å². The zero-order chi connectivity index (χ0) is 18.9. The molecule has 25 heavy (non-hydrogen) atoms. The standard InChI is InChI=1S/C17H26F2N4O2/c1-17(2,3)25-16(24)23-13-7-5-12(6-8-13)9-10-21-15(20-4)22-11-14(18)19/h5-8,14H,9-11H2,1-4H3,(H,23,24)(H2,20,21,22). The Morgan fingerprint density at radius 3 is 2.36 bits per heavy atom. The van der Waals surface area contributed by atoms with E-state index in [1.807, 2.05) is 12.1 Å². The summed E-state index contributed by atoms with van der Waals surface area (Å²) in [7, 11) is 1.53. The molecule has 1 rings (SSSR count). The molecule has 140 valence electrons. The molecule has 3 N–H and O–H groups in total. The molecule has 6 nitrogen and oxygen atoms in total. The molecule has 0 heterocycles. The van der Waals surface area contributed by atoms with Crippen molar-refractivity contribution in [3.8, 4) is 0 Å². The largest absolute Gasteiger partial charge is 0.444 e. The van der Waals surface area contributed by atoms with Crippen molar-refractivity contribution in [2.75, 3.05) is 25.5 Å². The van der Waals surface area contributed by atoms with E-state index < -0.39 is 24.7 Å². The fraction of sp³-hybridized carbons (Fsp3) is 0.529. The minimum Gasteiger partial charge on any atom is -0.444 e. The number of anilines is 1. The first-order valence-electron chi connectivity index (χ1n) is 8.01. The van der Waals surface area contributed by atoms with Crippen LogP contribution < -0.4 is 16.0 Å². The Hall–Kier alpha value is -2.38. The summed E-state index contributed by atoms with van der Waals surface area (Å²) in [5.41, 5.74) is 1.12. The summed E-state index contributed by atoms with van der Waals surface area (Å²) < 4.78 is 29.5. The van der Waals surface area contributed by atoms with E-state index in [-0.39, 0.29) is 0 Å². The third kappa shape index (κ3) is 9.49. The van der Waals surface area contributed by atoms with Crippen molar-refractivity contribution in [2.24, 2.45) is 4.99 Å². The molecule has 0 fully saturated rings. The zero-order valence-electron chi connectivity index (χ0n) is 15.0. The van der Waals surface area contributed by atoms with Gasteiger partial charge in [0.1, 0.15) is 5.60 Å². The normalized spacial score (nSPS) is 12.0. The van der Waals surface area contributed by atoms with Gasteiger partial charge in [-0.25, -0.2) is 13.6 Å². The number of alkyl halides is 2. The first-order chi connectivity index (χ1) is 11.7. The number of nitrogens with zero attached hydrogens (tertiary/aromatic N) is 1. The highest BCUT2D eigenvalue weighted by Crippen LogP contribution is 2.13. The second kappa shape index (κ2) is 9.80. The number of carbonyl (C=O) groups is 1. The molecule has 1 amide bonds. The molecular weight excluding hydrogens is 330 g/mol. The topological polar surface area (TPSA) is 74.8 Å². The van der Waals surface area contributed by atoms with Crippen LogP contribution >= 0.6 is 0 Å². The van der Waals surface area contributed by atoms with Crippen LogP contribution in [0.4, 0.5) is 19.3 Å². The van der Waals surface area contributed by atoms with Gasteiger partial charge in [0.2, 0.25) is 0 Å². The van der Waals surface area contributed by atoms with Crippen molar-refractivity contribution in [1.29, 1.82) is 0 Å². The Balaban J connectivity index is 2.40. The molecule has 0 radical (unpaired) electrons. The molecule has 0 bridgehead atoms. The Kier molecular flexibility index (Phi) is 8.10. The molecule has 0 aliphatic heterocycles. The van der Waals surface area contributed by atoms with Crippen LogP contribution in [0.2, 0.25) is 0 Å². The maximum absolute atomic E-state index is 12.2. The lowest BCUT2D eigenvalue weighted by molar-refractivity contribution is 0.0636. The van der Waals surface area contributed by atoms with Crippen molar-refractivity contribution in [2.45, 2.75) is 39.2 Å². The molecule has 0 saturated heterocycles. The minimum atomic E-state index is -2.43. The molecule has 0 aliphatic rings. The lowest BCUT2D eigenvalue weighted by Crippen LogP contribution is -2.40. The van der Waals surface area contributed by atoms with Crippen molar-refractivity contribution < 1.29 is 18.3 Å². The summed E-state index contributed by atoms with van der Waals surface area (Å²) in [5, 5.41) is 8.15. The van der Waals surface area contributed by atoms with Gasteiger partial charge in [-0.05, 0) is 44.9 Å². The maximum Gasteiger partial charge on any atom is 0.412 e. The summed E-state index contributed by atoms with van der Waals surface area (Å²) in [6, 6.07) is 7.32. The summed E-state index contributed by atoms with van der Waals surface area (Å²) in [4.78, 5) is 15.6. The van der Waals surface area contributed by atoms with Gasteiger partial charge < -0.3 is 15.4 Å². The lowest BCUT2D eigenvalue weighted by atomic mass is 10.1. The molecule has 0 saturated carbocycles. The second-order valence-corrected chi connectivity index (χ2v) is 6.34. The van der Waals surface area contributed by atoms with Gasteiger partial charge in [-0.2, -0.15) is 0 Å². The van der Waals surface area contributed by atoms with Crippen molar-refractivity contribution >= 4 is 17.7 Å². The van der Waals surface area contributed by atoms with Crippen molar-refractivity contribution in [3.05, 3.63) is 29.8 Å². The van der Waals surface area contributed by atoms with Gasteiger partial charge in [0.05, 0.1) is 6.54 Å². The summed E-state index contributed by atoms with van der Waals surface area (Å²) >= 11 is 0. The highest BCUT2D eigenvalue weighted by molar-refractivity contribution is 5.84. The van der Waals surface area contributed by atoms with Crippen LogP contribution in [0, 0.1) is 0 Å². The van der Waals surface area contributed by atoms with Gasteiger partial charge >= 0.3 is 6.09 Å². The second-order valence-electron chi connectivity index (χ2n) is 6.34. The number of amides is 1. The van der Waals surface area contributed by atoms with E-state index in [0.29, 0.717) is 24.6 Å². The fourth-order valence-electron chi connectivity index (χ4n) is 1.90. The van der Waals surface area contributed by atoms with Gasteiger partial charge in [-0.1, -0.05) is 12.1 Å². The molecule has 0 atom stereocenters. The first kappa shape index (κ1) is 20.7. The van der Waals surface area contributed by atoms with Crippen molar-refractivity contribution in [3.63, 3.8) is 0 Å². The van der Waals surface area contributed by atoms with E-state index in [1.54, 1.807) is 32.9 Å². The number of carbonyl (C=O) groups excluding carboxylic acids is 1. The number of guanidine groups is 1. The predicted octanol–water partition coefficient (Wildman–Crippen LogP) is 3.01. The van der Waals surface area contributed by atoms with E-state index in [1.165, 1.54) is 7.05 Å². The highest BCUT2D eigenvalue weighted by atomic mass is 19.3. The monoisotopic (exact) mass is 356 g/mol. The number of aliphatic imine (C=N–C) groups is 1. The Bertz CT molecular complexity index is 569. The third-order valence-electron chi connectivity index (χ3n) is 2.95. The number of halogens is 2. The number of nitrogens with one attached hydrogen (secondary N) is 3. The van der Waals surface area contributed by atoms with Crippen LogP contribution in [0.5, 0.6) is 0 Å². The van der Waals surface area contributed by atoms with E-state index in [9.17, 15) is 13.6 Å². The number of benzene rings is 1. The van der Waals surface area contributed by atoms with Crippen LogP contribution in [-0.2, 0) is 11.2 Å². The average Bonchev–Trinajstić information content (AvgIpc) is 2.50. The van der Waals surface area contributed by atoms with E-state index in [4.69, 9.17) is 4.74 Å². The molecule has 0 aromatic heterocycles. The van der Waals surface area contributed by atoms with Gasteiger partial charge in [0, 0.05) is 19.3 Å². The molecule has 0 aliphatic carbocycles. The van der Waals surface area contributed by atoms with E-state index >= 15 is 0 Å². The van der Waals surface area contributed by atoms with Gasteiger partial charge in [-0.3, -0.25) is 10.3 Å². The lowest BCUT2D eigenvalue weighted by Gasteiger charge is -2.19. The quantitative estimate of drug-likeness (QED) is 0.541. The summed E-state index contributed by atoms with van der Waals surface area (Å²) in [5.74, 6) is 0.337. The number of hydrogen-bond donors (Lipinski definition) is 3. The van der Waals surface area contributed by atoms with Gasteiger partial charge in [0.15, 0.2) is 5.96 Å². The molecule has 1 aromatic carbocycles. The summed E-state index contributed by atoms with van der Waals surface area (Å²) in [6.45, 7) is 5.50. The summed E-state index contributed by atoms with van der Waals surface area (Å²) in [6.07, 6.45) is -2.25. The smallest absolute Gasteiger partial charge is 0.412 e. The number of hydrogen-bond acceptors (Lipinski definition) is 3. The van der Waals surface area contributed by atoms with Crippen LogP contribution in [0.3, 0.4) is 0 Å². The molecule has 1 aromatic rings. The molecular formula is C17H26F2N4O2. The SMILES string of the molecule is CN=C(NCCc1ccc(NC(=O)OC(C)(C)C)cc1)NCC(F)F. The third-order valence-corrected chi connectivity index (χ3v) is 2.95.